The highest BCUT2D eigenvalue weighted by Crippen LogP contribution is 2.41. The quantitative estimate of drug-likeness (QED) is 0.521. The van der Waals surface area contributed by atoms with Crippen molar-refractivity contribution >= 4 is 5.97 Å². The van der Waals surface area contributed by atoms with Crippen LogP contribution in [0.25, 0.3) is 0 Å². The summed E-state index contributed by atoms with van der Waals surface area (Å²) in [4.78, 5) is 11.7. The van der Waals surface area contributed by atoms with Gasteiger partial charge in [-0.3, -0.25) is 0 Å². The maximum Gasteiger partial charge on any atom is 0.330 e. The molecule has 2 aromatic rings. The largest absolute Gasteiger partial charge is 0.463 e. The summed E-state index contributed by atoms with van der Waals surface area (Å²) in [7, 11) is 0. The molecule has 0 bridgehead atoms. The predicted octanol–water partition coefficient (Wildman–Crippen LogP) is 4.55. The second-order valence-electron chi connectivity index (χ2n) is 6.62. The highest BCUT2D eigenvalue weighted by molar-refractivity contribution is 5.81. The normalized spacial score (nSPS) is 14.9. The van der Waals surface area contributed by atoms with E-state index in [4.69, 9.17) is 9.47 Å². The van der Waals surface area contributed by atoms with Crippen LogP contribution in [0.3, 0.4) is 0 Å². The molecule has 2 rings (SSSR count). The summed E-state index contributed by atoms with van der Waals surface area (Å²) < 4.78 is 11.1. The van der Waals surface area contributed by atoms with E-state index in [1.165, 1.54) is 6.08 Å². The Balaban J connectivity index is 2.44. The molecule has 0 amide bonds. The lowest BCUT2D eigenvalue weighted by Crippen LogP contribution is -2.36. The van der Waals surface area contributed by atoms with Crippen LogP contribution in [0.1, 0.15) is 44.4 Å². The first-order chi connectivity index (χ1) is 13.0. The Morgan fingerprint density at radius 1 is 1.07 bits per heavy atom. The number of esters is 1. The van der Waals surface area contributed by atoms with Crippen LogP contribution >= 0.6 is 0 Å². The number of benzene rings is 2. The van der Waals surface area contributed by atoms with Crippen LogP contribution in [0.15, 0.2) is 72.8 Å². The van der Waals surface area contributed by atoms with Gasteiger partial charge in [0.25, 0.3) is 0 Å². The topological polar surface area (TPSA) is 55.8 Å². The van der Waals surface area contributed by atoms with Gasteiger partial charge in [-0.15, -0.1) is 0 Å². The fourth-order valence-corrected chi connectivity index (χ4v) is 3.00. The summed E-state index contributed by atoms with van der Waals surface area (Å²) in [5, 5.41) is 11.8. The molecule has 2 atom stereocenters. The number of carbonyl (C=O) groups is 1. The third-order valence-electron chi connectivity index (χ3n) is 4.19. The Morgan fingerprint density at radius 2 is 1.67 bits per heavy atom. The van der Waals surface area contributed by atoms with Crippen LogP contribution in [-0.2, 0) is 19.9 Å². The van der Waals surface area contributed by atoms with Crippen LogP contribution < -0.4 is 0 Å². The summed E-state index contributed by atoms with van der Waals surface area (Å²) in [6.45, 7) is 5.95. The Kier molecular flexibility index (Phi) is 7.77. The van der Waals surface area contributed by atoms with E-state index in [2.05, 4.69) is 0 Å². The van der Waals surface area contributed by atoms with Crippen LogP contribution in [0.4, 0.5) is 0 Å². The van der Waals surface area contributed by atoms with Crippen molar-refractivity contribution in [3.63, 3.8) is 0 Å². The van der Waals surface area contributed by atoms with E-state index in [-0.39, 0.29) is 12.5 Å². The molecule has 1 N–H and O–H groups in total. The molecular weight excluding hydrogens is 340 g/mol. The zero-order chi connectivity index (χ0) is 19.7. The van der Waals surface area contributed by atoms with Gasteiger partial charge in [-0.2, -0.15) is 0 Å². The van der Waals surface area contributed by atoms with E-state index in [1.54, 1.807) is 13.0 Å². The van der Waals surface area contributed by atoms with Crippen molar-refractivity contribution in [3.8, 4) is 0 Å². The zero-order valence-electron chi connectivity index (χ0n) is 16.2. The molecular formula is C23H28O4. The highest BCUT2D eigenvalue weighted by atomic mass is 16.5. The molecule has 2 aromatic carbocycles. The number of rotatable bonds is 9. The smallest absolute Gasteiger partial charge is 0.330 e. The maximum atomic E-state index is 11.8. The lowest BCUT2D eigenvalue weighted by molar-refractivity contribution is -0.138. The van der Waals surface area contributed by atoms with E-state index >= 15 is 0 Å². The molecule has 0 aliphatic carbocycles. The molecule has 4 heteroatoms. The van der Waals surface area contributed by atoms with Crippen molar-refractivity contribution in [3.05, 3.63) is 83.9 Å². The molecule has 0 radical (unpaired) electrons. The molecule has 144 valence electrons. The average molecular weight is 368 g/mol. The molecule has 4 nitrogen and oxygen atoms in total. The minimum atomic E-state index is -1.34. The molecule has 27 heavy (non-hydrogen) atoms. The summed E-state index contributed by atoms with van der Waals surface area (Å²) in [5.41, 5.74) is 0.269. The minimum Gasteiger partial charge on any atom is -0.463 e. The summed E-state index contributed by atoms with van der Waals surface area (Å²) in [6.07, 6.45) is 2.54. The van der Waals surface area contributed by atoms with Crippen LogP contribution in [0.2, 0.25) is 0 Å². The van der Waals surface area contributed by atoms with E-state index in [9.17, 15) is 9.90 Å². The van der Waals surface area contributed by atoms with Crippen molar-refractivity contribution < 1.29 is 19.4 Å². The molecule has 0 saturated carbocycles. The van der Waals surface area contributed by atoms with E-state index in [0.717, 1.165) is 11.1 Å². The number of carbonyl (C=O) groups excluding carboxylic acids is 1. The molecule has 0 aliphatic heterocycles. The van der Waals surface area contributed by atoms with Gasteiger partial charge in [-0.05, 0) is 31.9 Å². The Labute approximate surface area is 161 Å². The van der Waals surface area contributed by atoms with Crippen molar-refractivity contribution in [2.45, 2.75) is 45.0 Å². The van der Waals surface area contributed by atoms with Crippen molar-refractivity contribution in [2.75, 3.05) is 6.61 Å². The second-order valence-corrected chi connectivity index (χ2v) is 6.62. The summed E-state index contributed by atoms with van der Waals surface area (Å²) in [6, 6.07) is 19.1. The SMILES string of the molecule is CCOC(=O)/C=C/C[C@@](O)(c1ccccc1)[C@@H](OC(C)C)c1ccccc1. The molecule has 0 aromatic heterocycles. The highest BCUT2D eigenvalue weighted by Gasteiger charge is 2.40. The molecule has 0 spiro atoms. The van der Waals surface area contributed by atoms with E-state index in [0.29, 0.717) is 6.61 Å². The van der Waals surface area contributed by atoms with Gasteiger partial charge in [0, 0.05) is 12.5 Å². The molecule has 0 unspecified atom stereocenters. The first kappa shape index (κ1) is 20.9. The predicted molar refractivity (Wildman–Crippen MR) is 106 cm³/mol. The number of aliphatic hydroxyl groups is 1. The zero-order valence-corrected chi connectivity index (χ0v) is 16.2. The van der Waals surface area contributed by atoms with Gasteiger partial charge < -0.3 is 14.6 Å². The van der Waals surface area contributed by atoms with Crippen LogP contribution in [-0.4, -0.2) is 23.8 Å². The average Bonchev–Trinajstić information content (AvgIpc) is 2.67. The van der Waals surface area contributed by atoms with Crippen LogP contribution in [0.5, 0.6) is 0 Å². The molecule has 0 heterocycles. The fourth-order valence-electron chi connectivity index (χ4n) is 3.00. The Hall–Kier alpha value is -2.43. The molecule has 0 saturated heterocycles. The van der Waals surface area contributed by atoms with Gasteiger partial charge in [-0.25, -0.2) is 4.79 Å². The molecule has 0 aliphatic rings. The summed E-state index contributed by atoms with van der Waals surface area (Å²) >= 11 is 0. The van der Waals surface area contributed by atoms with E-state index in [1.807, 2.05) is 74.5 Å². The lowest BCUT2D eigenvalue weighted by atomic mass is 9.81. The van der Waals surface area contributed by atoms with Gasteiger partial charge >= 0.3 is 5.97 Å². The van der Waals surface area contributed by atoms with Crippen molar-refractivity contribution in [1.82, 2.24) is 0 Å². The van der Waals surface area contributed by atoms with Gasteiger partial charge in [0.15, 0.2) is 0 Å². The number of ether oxygens (including phenoxy) is 2. The Morgan fingerprint density at radius 3 is 2.22 bits per heavy atom. The number of hydrogen-bond acceptors (Lipinski definition) is 4. The van der Waals surface area contributed by atoms with Gasteiger partial charge in [0.1, 0.15) is 11.7 Å². The van der Waals surface area contributed by atoms with Gasteiger partial charge in [-0.1, -0.05) is 66.7 Å². The first-order valence-electron chi connectivity index (χ1n) is 9.29. The standard InChI is InChI=1S/C23H28O4/c1-4-26-21(24)16-11-17-23(25,20-14-9-6-10-15-20)22(27-18(2)3)19-12-7-5-8-13-19/h5-16,18,22,25H,4,17H2,1-3H3/b16-11+/t22-,23+/m0/s1. The first-order valence-corrected chi connectivity index (χ1v) is 9.29. The number of hydrogen-bond donors (Lipinski definition) is 1. The van der Waals surface area contributed by atoms with Crippen molar-refractivity contribution in [2.24, 2.45) is 0 Å². The monoisotopic (exact) mass is 368 g/mol. The van der Waals surface area contributed by atoms with Crippen molar-refractivity contribution in [1.29, 1.82) is 0 Å². The lowest BCUT2D eigenvalue weighted by Gasteiger charge is -2.37. The third kappa shape index (κ3) is 5.78. The maximum absolute atomic E-state index is 11.8. The van der Waals surface area contributed by atoms with E-state index < -0.39 is 17.7 Å². The summed E-state index contributed by atoms with van der Waals surface area (Å²) in [5.74, 6) is -0.422. The minimum absolute atomic E-state index is 0.0838. The van der Waals surface area contributed by atoms with Crippen LogP contribution in [0, 0.1) is 0 Å². The third-order valence-corrected chi connectivity index (χ3v) is 4.19. The van der Waals surface area contributed by atoms with Gasteiger partial charge in [0.05, 0.1) is 12.7 Å². The van der Waals surface area contributed by atoms with Gasteiger partial charge in [0.2, 0.25) is 0 Å². The molecule has 0 fully saturated rings. The fraction of sp³-hybridized carbons (Fsp3) is 0.348. The second kappa shape index (κ2) is 10.0. The Bertz CT molecular complexity index is 725.